The molecule has 12 aromatic rings. The third kappa shape index (κ3) is 4.17. The smallest absolute Gasteiger partial charge is 0.143 e. The lowest BCUT2D eigenvalue weighted by Gasteiger charge is -2.17. The summed E-state index contributed by atoms with van der Waals surface area (Å²) in [5, 5.41) is 14.3. The molecule has 0 atom stereocenters. The van der Waals surface area contributed by atoms with Crippen LogP contribution >= 0.6 is 0 Å². The van der Waals surface area contributed by atoms with Crippen molar-refractivity contribution in [3.8, 4) is 33.4 Å². The molecule has 0 aliphatic carbocycles. The summed E-state index contributed by atoms with van der Waals surface area (Å²) in [6.07, 6.45) is 0. The van der Waals surface area contributed by atoms with Crippen LogP contribution in [0.3, 0.4) is 0 Å². The zero-order chi connectivity index (χ0) is 35.3. The monoisotopic (exact) mass is 686 g/mol. The van der Waals surface area contributed by atoms with Gasteiger partial charge in [0.15, 0.2) is 0 Å². The molecule has 2 aromatic heterocycles. The van der Waals surface area contributed by atoms with Crippen LogP contribution in [0.4, 0.5) is 0 Å². The van der Waals surface area contributed by atoms with Gasteiger partial charge >= 0.3 is 0 Å². The zero-order valence-electron chi connectivity index (χ0n) is 29.1. The highest BCUT2D eigenvalue weighted by molar-refractivity contribution is 6.30. The minimum atomic E-state index is 0.877. The van der Waals surface area contributed by atoms with Crippen molar-refractivity contribution in [2.45, 2.75) is 0 Å². The minimum absolute atomic E-state index is 0.877. The Morgan fingerprint density at radius 1 is 0.241 bits per heavy atom. The van der Waals surface area contributed by atoms with Crippen molar-refractivity contribution in [1.82, 2.24) is 0 Å². The maximum atomic E-state index is 6.72. The van der Waals surface area contributed by atoms with Gasteiger partial charge in [-0.2, -0.15) is 0 Å². The van der Waals surface area contributed by atoms with E-state index in [0.717, 1.165) is 66.0 Å². The molecule has 0 aliphatic rings. The Morgan fingerprint density at radius 2 is 0.704 bits per heavy atom. The lowest BCUT2D eigenvalue weighted by molar-refractivity contribution is 0.669. The molecular formula is C52H30O2. The molecule has 0 fully saturated rings. The largest absolute Gasteiger partial charge is 0.456 e. The van der Waals surface area contributed by atoms with Crippen LogP contribution in [-0.4, -0.2) is 0 Å². The first kappa shape index (κ1) is 29.4. The Balaban J connectivity index is 1.02. The van der Waals surface area contributed by atoms with E-state index >= 15 is 0 Å². The lowest BCUT2D eigenvalue weighted by atomic mass is 9.86. The van der Waals surface area contributed by atoms with E-state index in [4.69, 9.17) is 8.83 Å². The van der Waals surface area contributed by atoms with E-state index in [1.807, 2.05) is 0 Å². The van der Waals surface area contributed by atoms with Gasteiger partial charge in [0.25, 0.3) is 0 Å². The molecule has 2 nitrogen and oxygen atoms in total. The number of fused-ring (bicyclic) bond motifs is 13. The highest BCUT2D eigenvalue weighted by Crippen LogP contribution is 2.46. The first-order valence-corrected chi connectivity index (χ1v) is 18.5. The molecule has 2 heteroatoms. The van der Waals surface area contributed by atoms with Gasteiger partial charge in [-0.1, -0.05) is 146 Å². The third-order valence-electron chi connectivity index (χ3n) is 11.4. The van der Waals surface area contributed by atoms with Crippen LogP contribution in [-0.2, 0) is 0 Å². The second-order valence-corrected chi connectivity index (χ2v) is 14.3. The van der Waals surface area contributed by atoms with Crippen molar-refractivity contribution >= 4 is 87.0 Å². The Hall–Kier alpha value is -7.16. The predicted molar refractivity (Wildman–Crippen MR) is 227 cm³/mol. The number of hydrogen-bond donors (Lipinski definition) is 0. The van der Waals surface area contributed by atoms with Crippen LogP contribution in [0.15, 0.2) is 191 Å². The van der Waals surface area contributed by atoms with E-state index in [1.54, 1.807) is 0 Å². The number of hydrogen-bond acceptors (Lipinski definition) is 2. The van der Waals surface area contributed by atoms with Gasteiger partial charge < -0.3 is 8.83 Å². The fraction of sp³-hybridized carbons (Fsp3) is 0. The van der Waals surface area contributed by atoms with Gasteiger partial charge in [0.05, 0.1) is 0 Å². The number of rotatable bonds is 3. The van der Waals surface area contributed by atoms with E-state index in [9.17, 15) is 0 Å². The van der Waals surface area contributed by atoms with E-state index in [1.165, 1.54) is 54.4 Å². The van der Waals surface area contributed by atoms with Gasteiger partial charge in [0.1, 0.15) is 22.3 Å². The summed E-state index contributed by atoms with van der Waals surface area (Å²) in [6.45, 7) is 0. The molecule has 0 aliphatic heterocycles. The van der Waals surface area contributed by atoms with Gasteiger partial charge in [-0.3, -0.25) is 0 Å². The maximum Gasteiger partial charge on any atom is 0.143 e. The first-order valence-electron chi connectivity index (χ1n) is 18.5. The fourth-order valence-electron chi connectivity index (χ4n) is 9.05. The molecule has 0 unspecified atom stereocenters. The van der Waals surface area contributed by atoms with Gasteiger partial charge in [0.2, 0.25) is 0 Å². The molecule has 54 heavy (non-hydrogen) atoms. The predicted octanol–water partition coefficient (Wildman–Crippen LogP) is 15.1. The van der Waals surface area contributed by atoms with Gasteiger partial charge in [0, 0.05) is 26.9 Å². The molecule has 2 heterocycles. The molecule has 0 saturated heterocycles. The molecule has 0 amide bonds. The van der Waals surface area contributed by atoms with Crippen molar-refractivity contribution < 1.29 is 8.83 Å². The topological polar surface area (TPSA) is 26.3 Å². The summed E-state index contributed by atoms with van der Waals surface area (Å²) in [4.78, 5) is 0. The lowest BCUT2D eigenvalue weighted by Crippen LogP contribution is -1.90. The van der Waals surface area contributed by atoms with Crippen LogP contribution in [0.1, 0.15) is 0 Å². The Bertz CT molecular complexity index is 3430. The molecule has 250 valence electrons. The molecule has 10 aromatic carbocycles. The quantitative estimate of drug-likeness (QED) is 0.137. The fourth-order valence-corrected chi connectivity index (χ4v) is 9.05. The van der Waals surface area contributed by atoms with Gasteiger partial charge in [-0.05, 0) is 107 Å². The highest BCUT2D eigenvalue weighted by atomic mass is 16.3. The number of benzene rings is 10. The summed E-state index contributed by atoms with van der Waals surface area (Å²) in [5.74, 6) is 0. The van der Waals surface area contributed by atoms with Crippen molar-refractivity contribution in [2.75, 3.05) is 0 Å². The van der Waals surface area contributed by atoms with Crippen LogP contribution < -0.4 is 0 Å². The molecule has 0 N–H and O–H groups in total. The Morgan fingerprint density at radius 3 is 1.35 bits per heavy atom. The van der Waals surface area contributed by atoms with Gasteiger partial charge in [-0.25, -0.2) is 0 Å². The van der Waals surface area contributed by atoms with Crippen molar-refractivity contribution in [1.29, 1.82) is 0 Å². The number of furan rings is 2. The Kier molecular flexibility index (Phi) is 6.09. The summed E-state index contributed by atoms with van der Waals surface area (Å²) < 4.78 is 13.3. The molecular weight excluding hydrogens is 657 g/mol. The second-order valence-electron chi connectivity index (χ2n) is 14.3. The van der Waals surface area contributed by atoms with Crippen LogP contribution in [0.5, 0.6) is 0 Å². The van der Waals surface area contributed by atoms with Gasteiger partial charge in [-0.15, -0.1) is 0 Å². The van der Waals surface area contributed by atoms with Crippen LogP contribution in [0.25, 0.3) is 120 Å². The van der Waals surface area contributed by atoms with Crippen molar-refractivity contribution in [3.63, 3.8) is 0 Å². The SMILES string of the molecule is c1ccc(-c2c3ccccc3c(-c3ccc4c(c3)oc3cc(-c5ccc6oc7c8ccccc8c8ccccc8c7c6c5)ccc34)c3ccccc23)cc1. The summed E-state index contributed by atoms with van der Waals surface area (Å²) in [7, 11) is 0. The highest BCUT2D eigenvalue weighted by Gasteiger charge is 2.19. The second kappa shape index (κ2) is 11.2. The van der Waals surface area contributed by atoms with E-state index in [-0.39, 0.29) is 0 Å². The Labute approximate surface area is 310 Å². The molecule has 12 rings (SSSR count). The van der Waals surface area contributed by atoms with Crippen molar-refractivity contribution in [3.05, 3.63) is 182 Å². The van der Waals surface area contributed by atoms with E-state index < -0.39 is 0 Å². The van der Waals surface area contributed by atoms with Crippen LogP contribution in [0.2, 0.25) is 0 Å². The molecule has 0 spiro atoms. The molecule has 0 bridgehead atoms. The average Bonchev–Trinajstić information content (AvgIpc) is 3.81. The zero-order valence-corrected chi connectivity index (χ0v) is 29.1. The average molecular weight is 687 g/mol. The van der Waals surface area contributed by atoms with Crippen molar-refractivity contribution in [2.24, 2.45) is 0 Å². The summed E-state index contributed by atoms with van der Waals surface area (Å²) in [5.41, 5.74) is 10.7. The first-order chi connectivity index (χ1) is 26.8. The standard InChI is InChI=1S/C52H30O2/c1-2-12-31(13-3-1)49-40-17-7-9-19-42(40)50(43-20-10-8-18-41(43)49)34-23-26-38-37-25-22-33(29-47(37)53-48(38)30-34)32-24-27-46-45(28-32)51-39-16-6-4-14-35(39)36-15-5-11-21-44(36)52(51)54-46/h1-30H. The summed E-state index contributed by atoms with van der Waals surface area (Å²) >= 11 is 0. The maximum absolute atomic E-state index is 6.72. The molecule has 0 saturated carbocycles. The summed E-state index contributed by atoms with van der Waals surface area (Å²) in [6, 6.07) is 65.4. The normalized spacial score (nSPS) is 12.1. The minimum Gasteiger partial charge on any atom is -0.456 e. The van der Waals surface area contributed by atoms with E-state index in [2.05, 4.69) is 182 Å². The van der Waals surface area contributed by atoms with E-state index in [0.29, 0.717) is 0 Å². The van der Waals surface area contributed by atoms with Crippen LogP contribution in [0, 0.1) is 0 Å². The third-order valence-corrected chi connectivity index (χ3v) is 11.4. The molecule has 0 radical (unpaired) electrons.